The van der Waals surface area contributed by atoms with Crippen LogP contribution in [-0.2, 0) is 9.59 Å². The smallest absolute Gasteiger partial charge is 0.227 e. The van der Waals surface area contributed by atoms with Crippen LogP contribution >= 0.6 is 24.8 Å². The molecule has 1 saturated heterocycles. The number of hydrogen-bond acceptors (Lipinski definition) is 4. The van der Waals surface area contributed by atoms with Gasteiger partial charge < -0.3 is 21.7 Å². The number of amides is 2. The summed E-state index contributed by atoms with van der Waals surface area (Å²) in [5, 5.41) is 3.10. The molecule has 5 N–H and O–H groups in total. The molecule has 2 atom stereocenters. The van der Waals surface area contributed by atoms with Crippen LogP contribution in [0.3, 0.4) is 0 Å². The van der Waals surface area contributed by atoms with Gasteiger partial charge in [-0.25, -0.2) is 0 Å². The lowest BCUT2D eigenvalue weighted by atomic mass is 9.85. The van der Waals surface area contributed by atoms with Crippen molar-refractivity contribution in [1.29, 1.82) is 0 Å². The number of nitrogens with zero attached hydrogens (tertiary/aromatic N) is 1. The van der Waals surface area contributed by atoms with Crippen LogP contribution in [0.15, 0.2) is 24.3 Å². The van der Waals surface area contributed by atoms with Crippen molar-refractivity contribution in [3.63, 3.8) is 0 Å². The normalized spacial score (nSPS) is 22.9. The highest BCUT2D eigenvalue weighted by Crippen LogP contribution is 2.31. The number of piperidine rings is 1. The minimum Gasteiger partial charge on any atom is -0.370 e. The molecule has 1 saturated carbocycles. The fourth-order valence-corrected chi connectivity index (χ4v) is 3.96. The first-order valence-corrected chi connectivity index (χ1v) is 9.24. The monoisotopic (exact) mass is 416 g/mol. The van der Waals surface area contributed by atoms with E-state index in [-0.39, 0.29) is 54.5 Å². The SMILES string of the molecule is Cl.Cl.NC(=O)C1CCN(c2ccccc2NC(=O)C2CCCC(N)C2)CC1. The number of benzene rings is 1. The van der Waals surface area contributed by atoms with E-state index >= 15 is 0 Å². The van der Waals surface area contributed by atoms with Gasteiger partial charge in [-0.2, -0.15) is 0 Å². The van der Waals surface area contributed by atoms with Crippen LogP contribution in [0.2, 0.25) is 0 Å². The van der Waals surface area contributed by atoms with Crippen LogP contribution < -0.4 is 21.7 Å². The Hall–Kier alpha value is -1.50. The second-order valence-corrected chi connectivity index (χ2v) is 7.29. The minimum absolute atomic E-state index is 0. The fraction of sp³-hybridized carbons (Fsp3) is 0.579. The Morgan fingerprint density at radius 2 is 1.67 bits per heavy atom. The van der Waals surface area contributed by atoms with Crippen molar-refractivity contribution in [2.75, 3.05) is 23.3 Å². The predicted molar refractivity (Wildman–Crippen MR) is 114 cm³/mol. The standard InChI is InChI=1S/C19H28N4O2.2ClH/c20-15-5-3-4-14(12-15)19(25)22-16-6-1-2-7-17(16)23-10-8-13(9-11-23)18(21)24;;/h1-2,6-7,13-15H,3-5,8-12,20H2,(H2,21,24)(H,22,25);2*1H. The van der Waals surface area contributed by atoms with Crippen LogP contribution in [0, 0.1) is 11.8 Å². The molecule has 1 aromatic carbocycles. The predicted octanol–water partition coefficient (Wildman–Crippen LogP) is 2.69. The molecule has 2 unspecified atom stereocenters. The molecule has 0 aromatic heterocycles. The van der Waals surface area contributed by atoms with E-state index in [9.17, 15) is 9.59 Å². The van der Waals surface area contributed by atoms with E-state index in [1.807, 2.05) is 24.3 Å². The van der Waals surface area contributed by atoms with Crippen molar-refractivity contribution < 1.29 is 9.59 Å². The van der Waals surface area contributed by atoms with Gasteiger partial charge in [0.2, 0.25) is 11.8 Å². The van der Waals surface area contributed by atoms with E-state index < -0.39 is 0 Å². The summed E-state index contributed by atoms with van der Waals surface area (Å²) < 4.78 is 0. The Kier molecular flexibility index (Phi) is 9.36. The van der Waals surface area contributed by atoms with Gasteiger partial charge in [-0.05, 0) is 44.2 Å². The third-order valence-corrected chi connectivity index (χ3v) is 5.49. The van der Waals surface area contributed by atoms with Crippen molar-refractivity contribution in [3.8, 4) is 0 Å². The summed E-state index contributed by atoms with van der Waals surface area (Å²) in [6, 6.07) is 8.00. The van der Waals surface area contributed by atoms with Gasteiger partial charge >= 0.3 is 0 Å². The molecule has 27 heavy (non-hydrogen) atoms. The van der Waals surface area contributed by atoms with Crippen molar-refractivity contribution in [2.24, 2.45) is 23.3 Å². The molecule has 0 bridgehead atoms. The number of halogens is 2. The number of carbonyl (C=O) groups excluding carboxylic acids is 2. The molecule has 3 rings (SSSR count). The zero-order valence-electron chi connectivity index (χ0n) is 15.4. The summed E-state index contributed by atoms with van der Waals surface area (Å²) in [7, 11) is 0. The Labute approximate surface area is 173 Å². The van der Waals surface area contributed by atoms with E-state index in [1.165, 1.54) is 0 Å². The zero-order valence-corrected chi connectivity index (χ0v) is 17.1. The highest BCUT2D eigenvalue weighted by Gasteiger charge is 2.27. The van der Waals surface area contributed by atoms with Crippen molar-refractivity contribution in [1.82, 2.24) is 0 Å². The molecule has 8 heteroatoms. The maximum atomic E-state index is 12.6. The third kappa shape index (κ3) is 5.99. The summed E-state index contributed by atoms with van der Waals surface area (Å²) in [5.41, 5.74) is 13.3. The summed E-state index contributed by atoms with van der Waals surface area (Å²) >= 11 is 0. The van der Waals surface area contributed by atoms with Crippen LogP contribution in [-0.4, -0.2) is 30.9 Å². The summed E-state index contributed by atoms with van der Waals surface area (Å²) in [6.07, 6.45) is 5.21. The highest BCUT2D eigenvalue weighted by atomic mass is 35.5. The Bertz CT molecular complexity index is 636. The molecule has 1 heterocycles. The topological polar surface area (TPSA) is 101 Å². The summed E-state index contributed by atoms with van der Waals surface area (Å²) in [5.74, 6) is -0.191. The molecular formula is C19H30Cl2N4O2. The van der Waals surface area contributed by atoms with Gasteiger partial charge in [0.15, 0.2) is 0 Å². The number of carbonyl (C=O) groups is 2. The van der Waals surface area contributed by atoms with Crippen molar-refractivity contribution in [2.45, 2.75) is 44.6 Å². The molecule has 6 nitrogen and oxygen atoms in total. The highest BCUT2D eigenvalue weighted by molar-refractivity contribution is 5.96. The van der Waals surface area contributed by atoms with E-state index in [0.29, 0.717) is 0 Å². The lowest BCUT2D eigenvalue weighted by Crippen LogP contribution is -2.39. The van der Waals surface area contributed by atoms with Gasteiger partial charge in [0.05, 0.1) is 11.4 Å². The Morgan fingerprint density at radius 3 is 2.30 bits per heavy atom. The minimum atomic E-state index is -0.213. The Balaban J connectivity index is 0.00000182. The van der Waals surface area contributed by atoms with Gasteiger partial charge in [0, 0.05) is 31.0 Å². The molecule has 2 fully saturated rings. The second kappa shape index (κ2) is 10.7. The maximum absolute atomic E-state index is 12.6. The van der Waals surface area contributed by atoms with E-state index in [2.05, 4.69) is 10.2 Å². The summed E-state index contributed by atoms with van der Waals surface area (Å²) in [6.45, 7) is 1.55. The lowest BCUT2D eigenvalue weighted by Gasteiger charge is -2.34. The molecule has 1 aliphatic carbocycles. The number of para-hydroxylation sites is 2. The molecule has 2 amide bonds. The number of hydrogen-bond donors (Lipinski definition) is 3. The van der Waals surface area contributed by atoms with Crippen LogP contribution in [0.4, 0.5) is 11.4 Å². The Morgan fingerprint density at radius 1 is 1.00 bits per heavy atom. The molecule has 1 aliphatic heterocycles. The largest absolute Gasteiger partial charge is 0.370 e. The molecule has 0 spiro atoms. The van der Waals surface area contributed by atoms with Crippen LogP contribution in [0.1, 0.15) is 38.5 Å². The van der Waals surface area contributed by atoms with E-state index in [4.69, 9.17) is 11.5 Å². The number of nitrogens with one attached hydrogen (secondary N) is 1. The first-order valence-electron chi connectivity index (χ1n) is 9.24. The zero-order chi connectivity index (χ0) is 17.8. The molecule has 2 aliphatic rings. The second-order valence-electron chi connectivity index (χ2n) is 7.29. The average Bonchev–Trinajstić information content (AvgIpc) is 2.62. The van der Waals surface area contributed by atoms with Crippen LogP contribution in [0.25, 0.3) is 0 Å². The first-order chi connectivity index (χ1) is 12.0. The maximum Gasteiger partial charge on any atom is 0.227 e. The number of nitrogens with two attached hydrogens (primary N) is 2. The van der Waals surface area contributed by atoms with Crippen molar-refractivity contribution in [3.05, 3.63) is 24.3 Å². The van der Waals surface area contributed by atoms with E-state index in [0.717, 1.165) is 63.0 Å². The van der Waals surface area contributed by atoms with Gasteiger partial charge in [-0.1, -0.05) is 18.6 Å². The van der Waals surface area contributed by atoms with Crippen molar-refractivity contribution >= 4 is 48.0 Å². The number of anilines is 2. The molecule has 1 aromatic rings. The van der Waals surface area contributed by atoms with Gasteiger partial charge in [0.1, 0.15) is 0 Å². The van der Waals surface area contributed by atoms with Crippen LogP contribution in [0.5, 0.6) is 0 Å². The summed E-state index contributed by atoms with van der Waals surface area (Å²) in [4.78, 5) is 26.2. The van der Waals surface area contributed by atoms with Gasteiger partial charge in [0.25, 0.3) is 0 Å². The van der Waals surface area contributed by atoms with Gasteiger partial charge in [-0.3, -0.25) is 9.59 Å². The average molecular weight is 417 g/mol. The lowest BCUT2D eigenvalue weighted by molar-refractivity contribution is -0.122. The number of rotatable bonds is 4. The first kappa shape index (κ1) is 23.5. The van der Waals surface area contributed by atoms with E-state index in [1.54, 1.807) is 0 Å². The molecule has 0 radical (unpaired) electrons. The number of primary amides is 1. The molecular weight excluding hydrogens is 387 g/mol. The quantitative estimate of drug-likeness (QED) is 0.701. The molecule has 152 valence electrons. The third-order valence-electron chi connectivity index (χ3n) is 5.49. The van der Waals surface area contributed by atoms with Gasteiger partial charge in [-0.15, -0.1) is 24.8 Å². The fourth-order valence-electron chi connectivity index (χ4n) is 3.96.